The molecule has 1 heterocycles. The van der Waals surface area contributed by atoms with Gasteiger partial charge in [-0.05, 0) is 31.3 Å². The molecule has 0 saturated carbocycles. The Labute approximate surface area is 106 Å². The van der Waals surface area contributed by atoms with Crippen molar-refractivity contribution in [2.45, 2.75) is 6.54 Å². The first kappa shape index (κ1) is 12.5. The van der Waals surface area contributed by atoms with Gasteiger partial charge in [-0.15, -0.1) is 0 Å². The van der Waals surface area contributed by atoms with E-state index in [1.165, 1.54) is 12.1 Å². The lowest BCUT2D eigenvalue weighted by molar-refractivity contribution is 0.628. The second-order valence-electron chi connectivity index (χ2n) is 4.06. The normalized spacial score (nSPS) is 10.4. The average molecular weight is 245 g/mol. The van der Waals surface area contributed by atoms with Crippen molar-refractivity contribution in [2.75, 3.05) is 19.0 Å². The van der Waals surface area contributed by atoms with Crippen molar-refractivity contribution in [1.82, 2.24) is 10.3 Å². The summed E-state index contributed by atoms with van der Waals surface area (Å²) in [6.07, 6.45) is 1.74. The lowest BCUT2D eigenvalue weighted by Crippen LogP contribution is -2.16. The Kier molecular flexibility index (Phi) is 3.89. The maximum atomic E-state index is 13.2. The van der Waals surface area contributed by atoms with E-state index in [0.717, 1.165) is 23.6 Å². The van der Waals surface area contributed by atoms with Gasteiger partial charge in [-0.25, -0.2) is 9.37 Å². The minimum Gasteiger partial charge on any atom is -0.329 e. The number of hydrogen-bond donors (Lipinski definition) is 1. The molecular formula is C14H16FN3. The molecule has 0 saturated heterocycles. The highest BCUT2D eigenvalue weighted by Crippen LogP contribution is 2.25. The van der Waals surface area contributed by atoms with Gasteiger partial charge in [0.25, 0.3) is 0 Å². The van der Waals surface area contributed by atoms with Crippen LogP contribution in [0.25, 0.3) is 0 Å². The van der Waals surface area contributed by atoms with E-state index in [1.54, 1.807) is 12.3 Å². The summed E-state index contributed by atoms with van der Waals surface area (Å²) in [6, 6.07) is 10.4. The van der Waals surface area contributed by atoms with Crippen LogP contribution in [0, 0.1) is 5.82 Å². The molecule has 0 aliphatic rings. The van der Waals surface area contributed by atoms with Crippen molar-refractivity contribution in [3.05, 3.63) is 54.0 Å². The zero-order valence-corrected chi connectivity index (χ0v) is 10.5. The van der Waals surface area contributed by atoms with Crippen molar-refractivity contribution in [3.8, 4) is 0 Å². The second kappa shape index (κ2) is 5.60. The minimum atomic E-state index is -0.245. The number of nitrogens with one attached hydrogen (secondary N) is 1. The molecule has 94 valence electrons. The SMILES string of the molecule is CNCc1cccnc1N(C)c1cccc(F)c1. The minimum absolute atomic E-state index is 0.245. The smallest absolute Gasteiger partial charge is 0.137 e. The maximum absolute atomic E-state index is 13.2. The van der Waals surface area contributed by atoms with Gasteiger partial charge in [-0.2, -0.15) is 0 Å². The third-order valence-corrected chi connectivity index (χ3v) is 2.75. The summed E-state index contributed by atoms with van der Waals surface area (Å²) < 4.78 is 13.2. The zero-order chi connectivity index (χ0) is 13.0. The van der Waals surface area contributed by atoms with Crippen molar-refractivity contribution in [2.24, 2.45) is 0 Å². The first-order chi connectivity index (χ1) is 8.72. The van der Waals surface area contributed by atoms with Gasteiger partial charge in [-0.3, -0.25) is 0 Å². The molecule has 0 radical (unpaired) electrons. The summed E-state index contributed by atoms with van der Waals surface area (Å²) in [4.78, 5) is 6.25. The molecule has 2 rings (SSSR count). The Morgan fingerprint density at radius 3 is 2.83 bits per heavy atom. The lowest BCUT2D eigenvalue weighted by Gasteiger charge is -2.21. The molecule has 0 aliphatic heterocycles. The van der Waals surface area contributed by atoms with E-state index in [0.29, 0.717) is 0 Å². The highest BCUT2D eigenvalue weighted by molar-refractivity contribution is 5.61. The largest absolute Gasteiger partial charge is 0.329 e. The predicted octanol–water partition coefficient (Wildman–Crippen LogP) is 2.71. The molecule has 18 heavy (non-hydrogen) atoms. The van der Waals surface area contributed by atoms with Crippen LogP contribution in [-0.4, -0.2) is 19.1 Å². The summed E-state index contributed by atoms with van der Waals surface area (Å²) >= 11 is 0. The first-order valence-electron chi connectivity index (χ1n) is 5.80. The fourth-order valence-electron chi connectivity index (χ4n) is 1.87. The summed E-state index contributed by atoms with van der Waals surface area (Å²) in [6.45, 7) is 0.725. The van der Waals surface area contributed by atoms with E-state index >= 15 is 0 Å². The third-order valence-electron chi connectivity index (χ3n) is 2.75. The van der Waals surface area contributed by atoms with E-state index in [9.17, 15) is 4.39 Å². The van der Waals surface area contributed by atoms with Crippen molar-refractivity contribution in [3.63, 3.8) is 0 Å². The molecule has 2 aromatic rings. The number of aromatic nitrogens is 1. The topological polar surface area (TPSA) is 28.2 Å². The fraction of sp³-hybridized carbons (Fsp3) is 0.214. The summed E-state index contributed by atoms with van der Waals surface area (Å²) in [5, 5.41) is 3.10. The van der Waals surface area contributed by atoms with Crippen LogP contribution >= 0.6 is 0 Å². The number of anilines is 2. The Morgan fingerprint density at radius 2 is 2.11 bits per heavy atom. The highest BCUT2D eigenvalue weighted by Gasteiger charge is 2.10. The van der Waals surface area contributed by atoms with Crippen LogP contribution in [0.3, 0.4) is 0 Å². The summed E-state index contributed by atoms with van der Waals surface area (Å²) in [5.74, 6) is 0.586. The van der Waals surface area contributed by atoms with E-state index in [2.05, 4.69) is 10.3 Å². The summed E-state index contributed by atoms with van der Waals surface area (Å²) in [7, 11) is 3.77. The molecule has 0 amide bonds. The quantitative estimate of drug-likeness (QED) is 0.897. The molecule has 0 aliphatic carbocycles. The van der Waals surface area contributed by atoms with E-state index in [4.69, 9.17) is 0 Å². The van der Waals surface area contributed by atoms with Crippen LogP contribution in [-0.2, 0) is 6.54 Å². The van der Waals surface area contributed by atoms with Gasteiger partial charge in [0.05, 0.1) is 0 Å². The molecule has 0 fully saturated rings. The monoisotopic (exact) mass is 245 g/mol. The molecule has 0 bridgehead atoms. The Balaban J connectivity index is 2.36. The van der Waals surface area contributed by atoms with Crippen LogP contribution in [0.4, 0.5) is 15.9 Å². The molecule has 1 N–H and O–H groups in total. The average Bonchev–Trinajstić information content (AvgIpc) is 2.39. The van der Waals surface area contributed by atoms with E-state index in [-0.39, 0.29) is 5.82 Å². The lowest BCUT2D eigenvalue weighted by atomic mass is 10.2. The van der Waals surface area contributed by atoms with Crippen molar-refractivity contribution >= 4 is 11.5 Å². The van der Waals surface area contributed by atoms with E-state index < -0.39 is 0 Å². The van der Waals surface area contributed by atoms with Gasteiger partial charge in [0.1, 0.15) is 11.6 Å². The highest BCUT2D eigenvalue weighted by atomic mass is 19.1. The van der Waals surface area contributed by atoms with E-state index in [1.807, 2.05) is 37.2 Å². The van der Waals surface area contributed by atoms with Crippen molar-refractivity contribution < 1.29 is 4.39 Å². The van der Waals surface area contributed by atoms with Crippen LogP contribution < -0.4 is 10.2 Å². The molecule has 0 spiro atoms. The predicted molar refractivity (Wildman–Crippen MR) is 71.5 cm³/mol. The molecule has 1 aromatic carbocycles. The van der Waals surface area contributed by atoms with Gasteiger partial charge >= 0.3 is 0 Å². The number of nitrogens with zero attached hydrogens (tertiary/aromatic N) is 2. The van der Waals surface area contributed by atoms with Crippen LogP contribution in [0.15, 0.2) is 42.6 Å². The number of pyridine rings is 1. The number of halogens is 1. The summed E-state index contributed by atoms with van der Waals surface area (Å²) in [5.41, 5.74) is 1.86. The second-order valence-corrected chi connectivity index (χ2v) is 4.06. The number of rotatable bonds is 4. The number of benzene rings is 1. The molecular weight excluding hydrogens is 229 g/mol. The zero-order valence-electron chi connectivity index (χ0n) is 10.5. The van der Waals surface area contributed by atoms with Crippen LogP contribution in [0.5, 0.6) is 0 Å². The van der Waals surface area contributed by atoms with Gasteiger partial charge in [0, 0.05) is 31.0 Å². The molecule has 1 aromatic heterocycles. The fourth-order valence-corrected chi connectivity index (χ4v) is 1.87. The Morgan fingerprint density at radius 1 is 1.28 bits per heavy atom. The number of hydrogen-bond acceptors (Lipinski definition) is 3. The Bertz CT molecular complexity index is 528. The Hall–Kier alpha value is -1.94. The van der Waals surface area contributed by atoms with Gasteiger partial charge in [0.2, 0.25) is 0 Å². The molecule has 0 atom stereocenters. The maximum Gasteiger partial charge on any atom is 0.137 e. The molecule has 0 unspecified atom stereocenters. The van der Waals surface area contributed by atoms with Crippen LogP contribution in [0.1, 0.15) is 5.56 Å². The third kappa shape index (κ3) is 2.65. The van der Waals surface area contributed by atoms with Gasteiger partial charge in [0.15, 0.2) is 0 Å². The van der Waals surface area contributed by atoms with Crippen molar-refractivity contribution in [1.29, 1.82) is 0 Å². The van der Waals surface area contributed by atoms with Gasteiger partial charge in [-0.1, -0.05) is 12.1 Å². The van der Waals surface area contributed by atoms with Gasteiger partial charge < -0.3 is 10.2 Å². The molecule has 3 nitrogen and oxygen atoms in total. The van der Waals surface area contributed by atoms with Crippen LogP contribution in [0.2, 0.25) is 0 Å². The first-order valence-corrected chi connectivity index (χ1v) is 5.80. The standard InChI is InChI=1S/C14H16FN3/c1-16-10-11-5-4-8-17-14(11)18(2)13-7-3-6-12(15)9-13/h3-9,16H,10H2,1-2H3. The molecule has 4 heteroatoms.